The Morgan fingerprint density at radius 3 is 2.59 bits per heavy atom. The number of ether oxygens (including phenoxy) is 1. The zero-order valence-corrected chi connectivity index (χ0v) is 19.4. The fraction of sp³-hybridized carbons (Fsp3) is 0.704. The van der Waals surface area contributed by atoms with Crippen molar-refractivity contribution in [3.05, 3.63) is 29.8 Å². The van der Waals surface area contributed by atoms with Crippen LogP contribution in [0.15, 0.2) is 29.4 Å². The molecule has 1 aromatic rings. The van der Waals surface area contributed by atoms with Gasteiger partial charge in [-0.05, 0) is 91.9 Å². The average Bonchev–Trinajstić information content (AvgIpc) is 3.38. The van der Waals surface area contributed by atoms with Crippen LogP contribution in [0.25, 0.3) is 0 Å². The van der Waals surface area contributed by atoms with Crippen molar-refractivity contribution >= 4 is 11.5 Å². The quantitative estimate of drug-likeness (QED) is 0.734. The Labute approximate surface area is 190 Å². The molecule has 6 rings (SSSR count). The number of rotatable bonds is 2. The second kappa shape index (κ2) is 7.06. The van der Waals surface area contributed by atoms with E-state index in [0.29, 0.717) is 35.9 Å². The van der Waals surface area contributed by atoms with Crippen LogP contribution in [0.4, 0.5) is 0 Å². The molecule has 4 saturated carbocycles. The Hall–Kier alpha value is -1.88. The van der Waals surface area contributed by atoms with Gasteiger partial charge in [-0.25, -0.2) is 0 Å². The molecular weight excluding hydrogens is 402 g/mol. The van der Waals surface area contributed by atoms with E-state index in [1.807, 2.05) is 24.3 Å². The third-order valence-corrected chi connectivity index (χ3v) is 10.6. The minimum absolute atomic E-state index is 0.0475. The van der Waals surface area contributed by atoms with Gasteiger partial charge in [-0.3, -0.25) is 4.79 Å². The van der Waals surface area contributed by atoms with Gasteiger partial charge in [-0.2, -0.15) is 0 Å². The molecule has 0 unspecified atom stereocenters. The maximum absolute atomic E-state index is 13.4. The number of ketones is 1. The summed E-state index contributed by atoms with van der Waals surface area (Å²) in [4.78, 5) is 19.6. The number of carbonyl (C=O) groups is 1. The van der Waals surface area contributed by atoms with E-state index in [-0.39, 0.29) is 29.0 Å². The average molecular weight is 438 g/mol. The molecule has 172 valence electrons. The van der Waals surface area contributed by atoms with Crippen LogP contribution in [0.1, 0.15) is 64.4 Å². The highest BCUT2D eigenvalue weighted by Gasteiger charge is 2.66. The third-order valence-electron chi connectivity index (χ3n) is 10.6. The van der Waals surface area contributed by atoms with Gasteiger partial charge in [0.25, 0.3) is 0 Å². The van der Waals surface area contributed by atoms with Crippen LogP contribution in [0.3, 0.4) is 0 Å². The van der Waals surface area contributed by atoms with Gasteiger partial charge in [0.05, 0.1) is 13.2 Å². The van der Waals surface area contributed by atoms with Crippen LogP contribution >= 0.6 is 0 Å². The summed E-state index contributed by atoms with van der Waals surface area (Å²) in [6, 6.07) is 7.82. The van der Waals surface area contributed by atoms with Crippen molar-refractivity contribution in [3.63, 3.8) is 0 Å². The number of nitrogens with zero attached hydrogens (tertiary/aromatic N) is 1. The monoisotopic (exact) mass is 437 g/mol. The topological polar surface area (TPSA) is 68.1 Å². The van der Waals surface area contributed by atoms with Crippen LogP contribution < -0.4 is 4.74 Å². The molecule has 1 aromatic carbocycles. The van der Waals surface area contributed by atoms with Crippen LogP contribution in [-0.4, -0.2) is 35.9 Å². The van der Waals surface area contributed by atoms with Gasteiger partial charge < -0.3 is 14.7 Å². The fourth-order valence-corrected chi connectivity index (χ4v) is 8.74. The minimum atomic E-state index is -0.272. The normalized spacial score (nSPS) is 46.9. The van der Waals surface area contributed by atoms with Crippen molar-refractivity contribution < 1.29 is 19.5 Å². The van der Waals surface area contributed by atoms with Gasteiger partial charge in [-0.15, -0.1) is 0 Å². The lowest BCUT2D eigenvalue weighted by atomic mass is 9.43. The first-order valence-electron chi connectivity index (χ1n) is 12.5. The van der Waals surface area contributed by atoms with Crippen LogP contribution in [0.5, 0.6) is 5.75 Å². The van der Waals surface area contributed by atoms with E-state index in [4.69, 9.17) is 9.57 Å². The number of methoxy groups -OCH3 is 1. The molecule has 4 aliphatic carbocycles. The maximum atomic E-state index is 13.4. The number of benzene rings is 1. The number of carbonyl (C=O) groups excluding carboxylic acids is 1. The van der Waals surface area contributed by atoms with Gasteiger partial charge >= 0.3 is 0 Å². The first-order valence-corrected chi connectivity index (χ1v) is 12.5. The summed E-state index contributed by atoms with van der Waals surface area (Å²) in [6.07, 6.45) is 6.88. The summed E-state index contributed by atoms with van der Waals surface area (Å²) in [6.45, 7) is 4.73. The van der Waals surface area contributed by atoms with E-state index < -0.39 is 0 Å². The van der Waals surface area contributed by atoms with E-state index in [1.54, 1.807) is 7.11 Å². The molecule has 32 heavy (non-hydrogen) atoms. The Balaban J connectivity index is 1.34. The molecule has 5 aliphatic rings. The summed E-state index contributed by atoms with van der Waals surface area (Å²) in [5, 5.41) is 15.3. The molecular formula is C27H35NO4. The second-order valence-electron chi connectivity index (χ2n) is 11.5. The molecule has 9 atom stereocenters. The van der Waals surface area contributed by atoms with Crippen LogP contribution in [-0.2, 0) is 9.63 Å². The predicted molar refractivity (Wildman–Crippen MR) is 121 cm³/mol. The zero-order chi connectivity index (χ0) is 22.3. The molecule has 4 fully saturated rings. The molecule has 0 bridgehead atoms. The number of aliphatic hydroxyl groups excluding tert-OH is 1. The van der Waals surface area contributed by atoms with E-state index in [1.165, 1.54) is 6.42 Å². The number of oxime groups is 1. The molecule has 0 amide bonds. The standard InChI is InChI=1S/C27H35NO4/c1-26-13-12-20-18(19(26)10-11-22(26)30)9-6-16-14-21(29)23-24(28-32-25(23)27(16,20)2)15-4-7-17(31-3)8-5-15/h4-5,7-8,16,18-20,22-23,25,30H,6,9-14H2,1-3H3/t16-,18-,19-,20-,22-,23+,25-,26-,27-/m0/s1. The molecule has 1 aliphatic heterocycles. The summed E-state index contributed by atoms with van der Waals surface area (Å²) in [7, 11) is 1.66. The number of hydrogen-bond acceptors (Lipinski definition) is 5. The molecule has 0 saturated heterocycles. The Morgan fingerprint density at radius 1 is 1.06 bits per heavy atom. The largest absolute Gasteiger partial charge is 0.497 e. The van der Waals surface area contributed by atoms with Crippen molar-refractivity contribution in [2.75, 3.05) is 7.11 Å². The summed E-state index contributed by atoms with van der Waals surface area (Å²) in [5.41, 5.74) is 1.77. The molecule has 5 nitrogen and oxygen atoms in total. The molecule has 0 spiro atoms. The zero-order valence-electron chi connectivity index (χ0n) is 19.4. The van der Waals surface area contributed by atoms with Gasteiger partial charge in [0.2, 0.25) is 0 Å². The first kappa shape index (κ1) is 20.7. The predicted octanol–water partition coefficient (Wildman–Crippen LogP) is 4.61. The third kappa shape index (κ3) is 2.60. The van der Waals surface area contributed by atoms with Crippen molar-refractivity contribution in [2.45, 2.75) is 71.0 Å². The number of aliphatic hydroxyl groups is 1. The maximum Gasteiger partial charge on any atom is 0.148 e. The van der Waals surface area contributed by atoms with Gasteiger partial charge in [0.15, 0.2) is 0 Å². The number of fused-ring (bicyclic) bond motifs is 7. The lowest BCUT2D eigenvalue weighted by molar-refractivity contribution is -0.186. The highest BCUT2D eigenvalue weighted by Crippen LogP contribution is 2.67. The van der Waals surface area contributed by atoms with E-state index in [2.05, 4.69) is 19.0 Å². The molecule has 5 heteroatoms. The fourth-order valence-electron chi connectivity index (χ4n) is 8.74. The van der Waals surface area contributed by atoms with E-state index in [0.717, 1.165) is 49.1 Å². The minimum Gasteiger partial charge on any atom is -0.497 e. The molecule has 0 aromatic heterocycles. The summed E-state index contributed by atoms with van der Waals surface area (Å²) < 4.78 is 5.30. The smallest absolute Gasteiger partial charge is 0.148 e. The summed E-state index contributed by atoms with van der Waals surface area (Å²) >= 11 is 0. The molecule has 0 radical (unpaired) electrons. The van der Waals surface area contributed by atoms with Crippen molar-refractivity contribution in [1.29, 1.82) is 0 Å². The van der Waals surface area contributed by atoms with Gasteiger partial charge in [0, 0.05) is 17.4 Å². The molecule has 1 N–H and O–H groups in total. The lowest BCUT2D eigenvalue weighted by Gasteiger charge is -2.61. The second-order valence-corrected chi connectivity index (χ2v) is 11.5. The first-order chi connectivity index (χ1) is 15.4. The Kier molecular flexibility index (Phi) is 4.57. The molecule has 1 heterocycles. The highest BCUT2D eigenvalue weighted by atomic mass is 16.6. The Bertz CT molecular complexity index is 957. The van der Waals surface area contributed by atoms with Crippen LogP contribution in [0, 0.1) is 40.4 Å². The van der Waals surface area contributed by atoms with E-state index in [9.17, 15) is 9.90 Å². The Morgan fingerprint density at radius 2 is 1.84 bits per heavy atom. The van der Waals surface area contributed by atoms with Crippen LogP contribution in [0.2, 0.25) is 0 Å². The summed E-state index contributed by atoms with van der Waals surface area (Å²) in [5.74, 6) is 2.94. The lowest BCUT2D eigenvalue weighted by Crippen LogP contribution is -2.61. The highest BCUT2D eigenvalue weighted by molar-refractivity contribution is 6.15. The SMILES string of the molecule is COc1ccc(C2=NO[C@H]3[C@@H]2C(=O)C[C@@H]2CC[C@H]4[C@@H]5CC[C@H](O)[C@@]5(C)CC[C@@H]4[C@]23C)cc1. The van der Waals surface area contributed by atoms with E-state index >= 15 is 0 Å². The van der Waals surface area contributed by atoms with Crippen molar-refractivity contribution in [3.8, 4) is 5.75 Å². The van der Waals surface area contributed by atoms with Crippen molar-refractivity contribution in [1.82, 2.24) is 0 Å². The van der Waals surface area contributed by atoms with Gasteiger partial charge in [0.1, 0.15) is 29.3 Å². The van der Waals surface area contributed by atoms with Crippen molar-refractivity contribution in [2.24, 2.45) is 45.6 Å². The number of Topliss-reactive ketones (excluding diaryl/α,β-unsaturated/α-hetero) is 1. The van der Waals surface area contributed by atoms with Gasteiger partial charge in [-0.1, -0.05) is 19.0 Å². The number of hydrogen-bond donors (Lipinski definition) is 1.